The number of amides is 2. The van der Waals surface area contributed by atoms with Crippen molar-refractivity contribution in [3.63, 3.8) is 0 Å². The highest BCUT2D eigenvalue weighted by atomic mass is 79.9. The fourth-order valence-electron chi connectivity index (χ4n) is 2.43. The Morgan fingerprint density at radius 2 is 1.83 bits per heavy atom. The molecule has 2 aromatic rings. The van der Waals surface area contributed by atoms with E-state index in [-0.39, 0.29) is 24.2 Å². The number of hydrogen-bond acceptors (Lipinski definition) is 3. The van der Waals surface area contributed by atoms with Crippen LogP contribution in [0.3, 0.4) is 0 Å². The third kappa shape index (κ3) is 3.79. The van der Waals surface area contributed by atoms with Crippen molar-refractivity contribution in [3.05, 3.63) is 51.5 Å². The van der Waals surface area contributed by atoms with E-state index >= 15 is 0 Å². The molecule has 2 heterocycles. The summed E-state index contributed by atoms with van der Waals surface area (Å²) in [5.74, 6) is -0.131. The molecule has 2 amide bonds. The summed E-state index contributed by atoms with van der Waals surface area (Å²) in [6, 6.07) is 11.0. The topological polar surface area (TPSA) is 62.3 Å². The standard InChI is InChI=1S/C16H13Br2N3O2/c17-11-1-4-13(5-2-11)21-9-10(7-15(21)22)16(23)20-14-6-3-12(18)8-19-14/h1-6,8,10H,7,9H2,(H,19,20,23). The molecular weight excluding hydrogens is 426 g/mol. The van der Waals surface area contributed by atoms with Crippen molar-refractivity contribution in [2.75, 3.05) is 16.8 Å². The third-order valence-electron chi connectivity index (χ3n) is 3.61. The zero-order valence-corrected chi connectivity index (χ0v) is 15.2. The van der Waals surface area contributed by atoms with Gasteiger partial charge < -0.3 is 10.2 Å². The Morgan fingerprint density at radius 3 is 2.48 bits per heavy atom. The second kappa shape index (κ2) is 6.80. The monoisotopic (exact) mass is 437 g/mol. The summed E-state index contributed by atoms with van der Waals surface area (Å²) >= 11 is 6.66. The summed E-state index contributed by atoms with van der Waals surface area (Å²) in [6.07, 6.45) is 1.82. The summed E-state index contributed by atoms with van der Waals surface area (Å²) in [6.45, 7) is 0.378. The van der Waals surface area contributed by atoms with E-state index < -0.39 is 0 Å². The summed E-state index contributed by atoms with van der Waals surface area (Å²) in [5.41, 5.74) is 0.801. The molecule has 118 valence electrons. The minimum Gasteiger partial charge on any atom is -0.312 e. The van der Waals surface area contributed by atoms with Crippen molar-refractivity contribution in [2.24, 2.45) is 5.92 Å². The van der Waals surface area contributed by atoms with Crippen molar-refractivity contribution < 1.29 is 9.59 Å². The van der Waals surface area contributed by atoms with Gasteiger partial charge in [0, 0.05) is 33.8 Å². The van der Waals surface area contributed by atoms with Crippen molar-refractivity contribution in [1.29, 1.82) is 0 Å². The lowest BCUT2D eigenvalue weighted by Crippen LogP contribution is -2.28. The summed E-state index contributed by atoms with van der Waals surface area (Å²) in [5, 5.41) is 2.76. The van der Waals surface area contributed by atoms with E-state index in [0.717, 1.165) is 14.6 Å². The number of nitrogens with zero attached hydrogens (tertiary/aromatic N) is 2. The molecule has 1 fully saturated rings. The first-order valence-corrected chi connectivity index (χ1v) is 8.60. The molecule has 0 spiro atoms. The molecule has 0 saturated carbocycles. The second-order valence-electron chi connectivity index (χ2n) is 5.23. The highest BCUT2D eigenvalue weighted by Crippen LogP contribution is 2.27. The van der Waals surface area contributed by atoms with Gasteiger partial charge >= 0.3 is 0 Å². The Kier molecular flexibility index (Phi) is 4.77. The van der Waals surface area contributed by atoms with Crippen molar-refractivity contribution in [1.82, 2.24) is 4.98 Å². The smallest absolute Gasteiger partial charge is 0.230 e. The Balaban J connectivity index is 1.68. The number of nitrogens with one attached hydrogen (secondary N) is 1. The maximum atomic E-state index is 12.3. The molecular formula is C16H13Br2N3O2. The maximum absolute atomic E-state index is 12.3. The third-order valence-corrected chi connectivity index (χ3v) is 4.61. The number of rotatable bonds is 3. The first-order chi connectivity index (χ1) is 11.0. The van der Waals surface area contributed by atoms with Crippen LogP contribution in [0.1, 0.15) is 6.42 Å². The lowest BCUT2D eigenvalue weighted by Gasteiger charge is -2.16. The van der Waals surface area contributed by atoms with Crippen molar-refractivity contribution in [2.45, 2.75) is 6.42 Å². The van der Waals surface area contributed by atoms with Crippen LogP contribution in [0.4, 0.5) is 11.5 Å². The summed E-state index contributed by atoms with van der Waals surface area (Å²) in [4.78, 5) is 30.3. The molecule has 1 atom stereocenters. The van der Waals surface area contributed by atoms with Gasteiger partial charge in [-0.05, 0) is 52.3 Å². The summed E-state index contributed by atoms with van der Waals surface area (Å²) < 4.78 is 1.79. The molecule has 0 radical (unpaired) electrons. The van der Waals surface area contributed by atoms with E-state index in [1.54, 1.807) is 23.2 Å². The molecule has 5 nitrogen and oxygen atoms in total. The minimum atomic E-state index is -0.378. The normalized spacial score (nSPS) is 17.4. The fraction of sp³-hybridized carbons (Fsp3) is 0.188. The number of carbonyl (C=O) groups excluding carboxylic acids is 2. The molecule has 23 heavy (non-hydrogen) atoms. The van der Waals surface area contributed by atoms with Gasteiger partial charge in [-0.15, -0.1) is 0 Å². The molecule has 1 unspecified atom stereocenters. The fourth-order valence-corrected chi connectivity index (χ4v) is 2.93. The van der Waals surface area contributed by atoms with Crippen LogP contribution in [-0.4, -0.2) is 23.3 Å². The predicted molar refractivity (Wildman–Crippen MR) is 95.2 cm³/mol. The quantitative estimate of drug-likeness (QED) is 0.796. The molecule has 1 aliphatic rings. The Hall–Kier alpha value is -1.73. The van der Waals surface area contributed by atoms with E-state index in [2.05, 4.69) is 42.2 Å². The van der Waals surface area contributed by atoms with E-state index in [1.807, 2.05) is 24.3 Å². The number of aromatic nitrogens is 1. The van der Waals surface area contributed by atoms with Gasteiger partial charge in [0.1, 0.15) is 5.82 Å². The number of pyridine rings is 1. The van der Waals surface area contributed by atoms with Crippen LogP contribution in [-0.2, 0) is 9.59 Å². The molecule has 3 rings (SSSR count). The lowest BCUT2D eigenvalue weighted by molar-refractivity contribution is -0.122. The predicted octanol–water partition coefficient (Wildman–Crippen LogP) is 3.60. The van der Waals surface area contributed by atoms with Gasteiger partial charge in [-0.2, -0.15) is 0 Å². The summed E-state index contributed by atoms with van der Waals surface area (Å²) in [7, 11) is 0. The van der Waals surface area contributed by atoms with E-state index in [0.29, 0.717) is 12.4 Å². The molecule has 7 heteroatoms. The zero-order chi connectivity index (χ0) is 16.4. The maximum Gasteiger partial charge on any atom is 0.230 e. The van der Waals surface area contributed by atoms with Crippen LogP contribution in [0, 0.1) is 5.92 Å². The molecule has 1 aromatic heterocycles. The number of halogens is 2. The number of carbonyl (C=O) groups is 2. The lowest BCUT2D eigenvalue weighted by atomic mass is 10.1. The van der Waals surface area contributed by atoms with Crippen LogP contribution in [0.5, 0.6) is 0 Å². The molecule has 0 bridgehead atoms. The number of benzene rings is 1. The minimum absolute atomic E-state index is 0.0452. The van der Waals surface area contributed by atoms with Crippen LogP contribution in [0.2, 0.25) is 0 Å². The SMILES string of the molecule is O=C(Nc1ccc(Br)cn1)C1CC(=O)N(c2ccc(Br)cc2)C1. The Bertz CT molecular complexity index is 732. The first kappa shape index (κ1) is 16.1. The average Bonchev–Trinajstić information content (AvgIpc) is 2.92. The van der Waals surface area contributed by atoms with Gasteiger partial charge in [0.2, 0.25) is 11.8 Å². The van der Waals surface area contributed by atoms with Gasteiger partial charge in [0.15, 0.2) is 0 Å². The average molecular weight is 439 g/mol. The molecule has 1 aliphatic heterocycles. The van der Waals surface area contributed by atoms with Gasteiger partial charge in [0.25, 0.3) is 0 Å². The molecule has 1 saturated heterocycles. The highest BCUT2D eigenvalue weighted by molar-refractivity contribution is 9.10. The van der Waals surface area contributed by atoms with E-state index in [4.69, 9.17) is 0 Å². The molecule has 1 aromatic carbocycles. The van der Waals surface area contributed by atoms with Gasteiger partial charge in [-0.3, -0.25) is 9.59 Å². The Morgan fingerprint density at radius 1 is 1.13 bits per heavy atom. The largest absolute Gasteiger partial charge is 0.312 e. The van der Waals surface area contributed by atoms with Gasteiger partial charge in [-0.25, -0.2) is 4.98 Å². The van der Waals surface area contributed by atoms with Crippen LogP contribution < -0.4 is 10.2 Å². The molecule has 0 aliphatic carbocycles. The first-order valence-electron chi connectivity index (χ1n) is 7.01. The second-order valence-corrected chi connectivity index (χ2v) is 7.06. The number of anilines is 2. The van der Waals surface area contributed by atoms with Crippen molar-refractivity contribution in [3.8, 4) is 0 Å². The molecule has 1 N–H and O–H groups in total. The van der Waals surface area contributed by atoms with Crippen LogP contribution >= 0.6 is 31.9 Å². The van der Waals surface area contributed by atoms with E-state index in [1.165, 1.54) is 0 Å². The van der Waals surface area contributed by atoms with Crippen LogP contribution in [0.25, 0.3) is 0 Å². The van der Waals surface area contributed by atoms with Crippen molar-refractivity contribution >= 4 is 55.2 Å². The van der Waals surface area contributed by atoms with Crippen LogP contribution in [0.15, 0.2) is 51.5 Å². The number of hydrogen-bond donors (Lipinski definition) is 1. The zero-order valence-electron chi connectivity index (χ0n) is 12.0. The van der Waals surface area contributed by atoms with Gasteiger partial charge in [0.05, 0.1) is 5.92 Å². The Labute approximate surface area is 150 Å². The highest BCUT2D eigenvalue weighted by Gasteiger charge is 2.35. The van der Waals surface area contributed by atoms with Gasteiger partial charge in [-0.1, -0.05) is 15.9 Å². The van der Waals surface area contributed by atoms with E-state index in [9.17, 15) is 9.59 Å².